The van der Waals surface area contributed by atoms with Crippen LogP contribution in [0, 0.1) is 0 Å². The van der Waals surface area contributed by atoms with Crippen LogP contribution in [0.3, 0.4) is 0 Å². The van der Waals surface area contributed by atoms with Crippen molar-refractivity contribution in [2.45, 2.75) is 5.41 Å². The summed E-state index contributed by atoms with van der Waals surface area (Å²) in [6.45, 7) is 0. The minimum atomic E-state index is -0.387. The molecule has 0 unspecified atom stereocenters. The van der Waals surface area contributed by atoms with Crippen molar-refractivity contribution >= 4 is 17.1 Å². The minimum absolute atomic E-state index is 0.387. The van der Waals surface area contributed by atoms with Gasteiger partial charge in [-0.15, -0.1) is 0 Å². The Morgan fingerprint density at radius 2 is 0.661 bits per heavy atom. The molecule has 262 valence electrons. The topological polar surface area (TPSA) is 3.24 Å². The van der Waals surface area contributed by atoms with Gasteiger partial charge in [-0.2, -0.15) is 0 Å². The number of fused-ring (bicyclic) bond motifs is 10. The predicted molar refractivity (Wildman–Crippen MR) is 234 cm³/mol. The fourth-order valence-electron chi connectivity index (χ4n) is 9.48. The zero-order valence-corrected chi connectivity index (χ0v) is 30.8. The summed E-state index contributed by atoms with van der Waals surface area (Å²) in [6.07, 6.45) is 0. The molecule has 56 heavy (non-hydrogen) atoms. The van der Waals surface area contributed by atoms with E-state index in [1.807, 2.05) is 0 Å². The summed E-state index contributed by atoms with van der Waals surface area (Å²) in [6, 6.07) is 82.4. The summed E-state index contributed by atoms with van der Waals surface area (Å²) in [4.78, 5) is 2.47. The molecule has 11 rings (SSSR count). The van der Waals surface area contributed by atoms with E-state index < -0.39 is 0 Å². The molecular formula is C55H37N. The van der Waals surface area contributed by atoms with Crippen molar-refractivity contribution in [1.29, 1.82) is 0 Å². The Hall–Kier alpha value is -7.22. The van der Waals surface area contributed by atoms with Gasteiger partial charge < -0.3 is 4.90 Å². The summed E-state index contributed by atoms with van der Waals surface area (Å²) in [7, 11) is 0. The maximum atomic E-state index is 2.47. The number of anilines is 3. The van der Waals surface area contributed by atoms with Gasteiger partial charge in [0.1, 0.15) is 0 Å². The third kappa shape index (κ3) is 4.88. The van der Waals surface area contributed by atoms with Crippen LogP contribution in [-0.2, 0) is 5.41 Å². The van der Waals surface area contributed by atoms with Gasteiger partial charge >= 0.3 is 0 Å². The summed E-state index contributed by atoms with van der Waals surface area (Å²) in [5.41, 5.74) is 20.7. The maximum Gasteiger partial charge on any atom is 0.0725 e. The van der Waals surface area contributed by atoms with Crippen molar-refractivity contribution in [3.8, 4) is 55.6 Å². The molecule has 0 aliphatic heterocycles. The van der Waals surface area contributed by atoms with Crippen LogP contribution >= 0.6 is 0 Å². The lowest BCUT2D eigenvalue weighted by Gasteiger charge is -2.32. The quantitative estimate of drug-likeness (QED) is 0.166. The van der Waals surface area contributed by atoms with Gasteiger partial charge in [-0.05, 0) is 103 Å². The fourth-order valence-corrected chi connectivity index (χ4v) is 9.48. The Kier molecular flexibility index (Phi) is 7.47. The molecule has 9 aromatic carbocycles. The van der Waals surface area contributed by atoms with Crippen LogP contribution in [0.5, 0.6) is 0 Å². The number of hydrogen-bond donors (Lipinski definition) is 0. The van der Waals surface area contributed by atoms with Gasteiger partial charge in [0, 0.05) is 16.9 Å². The number of rotatable bonds is 6. The Bertz CT molecular complexity index is 2850. The van der Waals surface area contributed by atoms with Crippen molar-refractivity contribution in [2.24, 2.45) is 0 Å². The van der Waals surface area contributed by atoms with E-state index in [1.165, 1.54) is 77.9 Å². The molecule has 0 radical (unpaired) electrons. The van der Waals surface area contributed by atoms with Gasteiger partial charge in [0.05, 0.1) is 11.1 Å². The van der Waals surface area contributed by atoms with E-state index in [4.69, 9.17) is 0 Å². The van der Waals surface area contributed by atoms with Crippen molar-refractivity contribution < 1.29 is 0 Å². The smallest absolute Gasteiger partial charge is 0.0725 e. The van der Waals surface area contributed by atoms with Crippen LogP contribution < -0.4 is 4.90 Å². The summed E-state index contributed by atoms with van der Waals surface area (Å²) >= 11 is 0. The maximum absolute atomic E-state index is 2.47. The second kappa shape index (κ2) is 13.0. The molecule has 1 nitrogen and oxygen atoms in total. The molecule has 0 N–H and O–H groups in total. The highest BCUT2D eigenvalue weighted by Crippen LogP contribution is 2.63. The van der Waals surface area contributed by atoms with Gasteiger partial charge in [-0.25, -0.2) is 0 Å². The second-order valence-corrected chi connectivity index (χ2v) is 14.8. The van der Waals surface area contributed by atoms with Gasteiger partial charge in [0.2, 0.25) is 0 Å². The van der Waals surface area contributed by atoms with Crippen molar-refractivity contribution in [1.82, 2.24) is 0 Å². The first-order valence-corrected chi connectivity index (χ1v) is 19.4. The van der Waals surface area contributed by atoms with Crippen LogP contribution in [0.15, 0.2) is 224 Å². The highest BCUT2D eigenvalue weighted by molar-refractivity contribution is 5.98. The Morgan fingerprint density at radius 3 is 1.23 bits per heavy atom. The van der Waals surface area contributed by atoms with E-state index in [2.05, 4.69) is 229 Å². The first kappa shape index (κ1) is 32.2. The zero-order valence-electron chi connectivity index (χ0n) is 30.8. The van der Waals surface area contributed by atoms with Crippen molar-refractivity contribution in [3.05, 3.63) is 247 Å². The highest BCUT2D eigenvalue weighted by Gasteiger charge is 2.51. The molecule has 0 saturated heterocycles. The molecule has 0 aromatic heterocycles. The summed E-state index contributed by atoms with van der Waals surface area (Å²) in [5.74, 6) is 0. The minimum Gasteiger partial charge on any atom is -0.310 e. The van der Waals surface area contributed by atoms with Crippen LogP contribution in [0.2, 0.25) is 0 Å². The normalized spacial score (nSPS) is 12.8. The SMILES string of the molecule is c1ccc(-c2ccc(N(c3ccc4c(c3)-c3ccccc3C43c4ccccc4-c4ccccc43)c3cc(-c4ccccc4)ccc3-c3ccccc3)cc2)cc1. The Balaban J connectivity index is 1.17. The monoisotopic (exact) mass is 711 g/mol. The number of nitrogens with zero attached hydrogens (tertiary/aromatic N) is 1. The lowest BCUT2D eigenvalue weighted by Crippen LogP contribution is -2.25. The molecule has 9 aromatic rings. The third-order valence-electron chi connectivity index (χ3n) is 11.9. The van der Waals surface area contributed by atoms with Crippen LogP contribution in [-0.4, -0.2) is 0 Å². The van der Waals surface area contributed by atoms with E-state index in [-0.39, 0.29) is 5.41 Å². The lowest BCUT2D eigenvalue weighted by molar-refractivity contribution is 0.794. The van der Waals surface area contributed by atoms with E-state index in [0.717, 1.165) is 17.1 Å². The van der Waals surface area contributed by atoms with E-state index in [1.54, 1.807) is 0 Å². The third-order valence-corrected chi connectivity index (χ3v) is 11.9. The molecular weight excluding hydrogens is 675 g/mol. The van der Waals surface area contributed by atoms with E-state index >= 15 is 0 Å². The van der Waals surface area contributed by atoms with Crippen LogP contribution in [0.1, 0.15) is 22.3 Å². The van der Waals surface area contributed by atoms with Crippen molar-refractivity contribution in [2.75, 3.05) is 4.90 Å². The molecule has 0 atom stereocenters. The average Bonchev–Trinajstić information content (AvgIpc) is 3.75. The molecule has 0 heterocycles. The van der Waals surface area contributed by atoms with Crippen LogP contribution in [0.4, 0.5) is 17.1 Å². The largest absolute Gasteiger partial charge is 0.310 e. The Morgan fingerprint density at radius 1 is 0.250 bits per heavy atom. The van der Waals surface area contributed by atoms with Gasteiger partial charge in [0.15, 0.2) is 0 Å². The summed E-state index contributed by atoms with van der Waals surface area (Å²) < 4.78 is 0. The molecule has 1 spiro atoms. The van der Waals surface area contributed by atoms with Gasteiger partial charge in [-0.1, -0.05) is 194 Å². The fraction of sp³-hybridized carbons (Fsp3) is 0.0182. The van der Waals surface area contributed by atoms with E-state index in [0.29, 0.717) is 0 Å². The van der Waals surface area contributed by atoms with Crippen molar-refractivity contribution in [3.63, 3.8) is 0 Å². The standard InChI is InChI=1S/C55H37N/c1-4-16-38(17-5-1)40-28-31-43(32-29-40)56(54-36-42(39-18-6-2-7-19-39)30-34-45(54)41-20-8-3-9-21-41)44-33-35-53-49(37-44)48-24-12-15-27-52(48)55(53)50-25-13-10-22-46(50)47-23-11-14-26-51(47)55/h1-37H. The Labute approximate surface area is 328 Å². The second-order valence-electron chi connectivity index (χ2n) is 14.8. The van der Waals surface area contributed by atoms with E-state index in [9.17, 15) is 0 Å². The number of hydrogen-bond acceptors (Lipinski definition) is 1. The van der Waals surface area contributed by atoms with Gasteiger partial charge in [-0.3, -0.25) is 0 Å². The molecule has 0 fully saturated rings. The highest BCUT2D eigenvalue weighted by atomic mass is 15.1. The first-order chi connectivity index (χ1) is 27.8. The molecule has 0 bridgehead atoms. The lowest BCUT2D eigenvalue weighted by atomic mass is 9.70. The predicted octanol–water partition coefficient (Wildman–Crippen LogP) is 14.5. The number of benzene rings is 9. The average molecular weight is 712 g/mol. The molecule has 0 amide bonds. The molecule has 2 aliphatic carbocycles. The summed E-state index contributed by atoms with van der Waals surface area (Å²) in [5, 5.41) is 0. The molecule has 2 aliphatic rings. The first-order valence-electron chi connectivity index (χ1n) is 19.4. The zero-order chi connectivity index (χ0) is 37.1. The van der Waals surface area contributed by atoms with Gasteiger partial charge in [0.25, 0.3) is 0 Å². The molecule has 1 heteroatoms. The van der Waals surface area contributed by atoms with Crippen LogP contribution in [0.25, 0.3) is 55.6 Å². The molecule has 0 saturated carbocycles.